The van der Waals surface area contributed by atoms with Crippen molar-refractivity contribution in [2.24, 2.45) is 5.92 Å². The summed E-state index contributed by atoms with van der Waals surface area (Å²) in [5, 5.41) is 9.90. The Morgan fingerprint density at radius 2 is 1.76 bits per heavy atom. The molecule has 0 aliphatic carbocycles. The first kappa shape index (κ1) is 30.8. The molecule has 0 saturated heterocycles. The fourth-order valence-corrected chi connectivity index (χ4v) is 7.78. The second-order valence-corrected chi connectivity index (χ2v) is 14.0. The van der Waals surface area contributed by atoms with Gasteiger partial charge in [-0.05, 0) is 55.0 Å². The SMILES string of the molecule is COc1ccc(S(=O)(=O)N(C)C[C@@H]2Oc3cc(-c4ccccc4OC)ccc3S(=O)(=O)N([C@H](C)CO)C[C@H]2C)cc1. The predicted octanol–water partition coefficient (Wildman–Crippen LogP) is 3.46. The minimum Gasteiger partial charge on any atom is -0.497 e. The maximum Gasteiger partial charge on any atom is 0.247 e. The number of fused-ring (bicyclic) bond motifs is 1. The average Bonchev–Trinajstić information content (AvgIpc) is 2.98. The van der Waals surface area contributed by atoms with E-state index < -0.39 is 38.1 Å². The lowest BCUT2D eigenvalue weighted by molar-refractivity contribution is 0.0905. The summed E-state index contributed by atoms with van der Waals surface area (Å²) in [5.41, 5.74) is 1.41. The zero-order chi connectivity index (χ0) is 29.9. The molecule has 3 aromatic rings. The van der Waals surface area contributed by atoms with E-state index in [2.05, 4.69) is 0 Å². The second-order valence-electron chi connectivity index (χ2n) is 10.1. The molecule has 1 heterocycles. The van der Waals surface area contributed by atoms with E-state index in [1.807, 2.05) is 18.2 Å². The normalized spacial score (nSPS) is 19.9. The van der Waals surface area contributed by atoms with Crippen LogP contribution in [0.3, 0.4) is 0 Å². The molecular formula is C29H36N2O8S2. The van der Waals surface area contributed by atoms with E-state index in [0.29, 0.717) is 17.1 Å². The van der Waals surface area contributed by atoms with Gasteiger partial charge in [-0.15, -0.1) is 0 Å². The van der Waals surface area contributed by atoms with Gasteiger partial charge in [0.1, 0.15) is 28.2 Å². The number of para-hydroxylation sites is 1. The monoisotopic (exact) mass is 604 g/mol. The Morgan fingerprint density at radius 3 is 2.39 bits per heavy atom. The maximum absolute atomic E-state index is 13.8. The van der Waals surface area contributed by atoms with Crippen LogP contribution in [-0.4, -0.2) is 83.7 Å². The summed E-state index contributed by atoms with van der Waals surface area (Å²) in [4.78, 5) is 0.0327. The van der Waals surface area contributed by atoms with Gasteiger partial charge >= 0.3 is 0 Å². The van der Waals surface area contributed by atoms with Gasteiger partial charge in [0.05, 0.1) is 32.3 Å². The lowest BCUT2D eigenvalue weighted by Gasteiger charge is -2.37. The Labute approximate surface area is 242 Å². The Bertz CT molecular complexity index is 1580. The summed E-state index contributed by atoms with van der Waals surface area (Å²) in [6.07, 6.45) is -0.719. The van der Waals surface area contributed by atoms with E-state index in [-0.39, 0.29) is 35.2 Å². The zero-order valence-corrected chi connectivity index (χ0v) is 25.4. The molecule has 10 nitrogen and oxygen atoms in total. The summed E-state index contributed by atoms with van der Waals surface area (Å²) in [7, 11) is -3.43. The number of aliphatic hydroxyl groups excluding tert-OH is 1. The van der Waals surface area contributed by atoms with Crippen molar-refractivity contribution in [3.8, 4) is 28.4 Å². The van der Waals surface area contributed by atoms with Crippen LogP contribution >= 0.6 is 0 Å². The van der Waals surface area contributed by atoms with Crippen LogP contribution in [-0.2, 0) is 20.0 Å². The molecule has 0 bridgehead atoms. The molecular weight excluding hydrogens is 568 g/mol. The van der Waals surface area contributed by atoms with Gasteiger partial charge < -0.3 is 19.3 Å². The number of hydrogen-bond donors (Lipinski definition) is 1. The maximum atomic E-state index is 13.8. The minimum absolute atomic E-state index is 0.0266. The van der Waals surface area contributed by atoms with Crippen molar-refractivity contribution in [1.29, 1.82) is 0 Å². The topological polar surface area (TPSA) is 123 Å². The summed E-state index contributed by atoms with van der Waals surface area (Å²) in [6, 6.07) is 17.5. The van der Waals surface area contributed by atoms with Crippen LogP contribution in [0.4, 0.5) is 0 Å². The fraction of sp³-hybridized carbons (Fsp3) is 0.379. The van der Waals surface area contributed by atoms with Gasteiger partial charge in [0.15, 0.2) is 0 Å². The molecule has 3 aromatic carbocycles. The van der Waals surface area contributed by atoms with E-state index in [1.165, 1.54) is 41.0 Å². The molecule has 0 spiro atoms. The molecule has 0 fully saturated rings. The average molecular weight is 605 g/mol. The summed E-state index contributed by atoms with van der Waals surface area (Å²) in [5.74, 6) is 0.794. The highest BCUT2D eigenvalue weighted by Crippen LogP contribution is 2.39. The number of rotatable bonds is 9. The molecule has 1 N–H and O–H groups in total. The molecule has 3 atom stereocenters. The Kier molecular flexibility index (Phi) is 9.29. The number of sulfonamides is 2. The van der Waals surface area contributed by atoms with E-state index in [4.69, 9.17) is 14.2 Å². The lowest BCUT2D eigenvalue weighted by atomic mass is 10.0. The number of benzene rings is 3. The Hall–Kier alpha value is -3.16. The number of methoxy groups -OCH3 is 2. The second kappa shape index (κ2) is 12.4. The first-order valence-electron chi connectivity index (χ1n) is 13.1. The van der Waals surface area contributed by atoms with Crippen LogP contribution in [0, 0.1) is 5.92 Å². The number of ether oxygens (including phenoxy) is 3. The van der Waals surface area contributed by atoms with Crippen LogP contribution in [0.15, 0.2) is 76.5 Å². The highest BCUT2D eigenvalue weighted by Gasteiger charge is 2.39. The standard InChI is InChI=1S/C29H36N2O8S2/c1-20-17-31(21(2)19-32)41(35,36)29-15-10-22(25-8-6-7-9-26(25)38-5)16-27(29)39-28(20)18-30(3)40(33,34)24-13-11-23(37-4)12-14-24/h6-16,20-21,28,32H,17-19H2,1-5H3/t20-,21-,28+/m1/s1. The molecule has 0 saturated carbocycles. The first-order valence-corrected chi connectivity index (χ1v) is 16.0. The molecule has 4 rings (SSSR count). The van der Waals surface area contributed by atoms with Crippen molar-refractivity contribution < 1.29 is 36.2 Å². The summed E-state index contributed by atoms with van der Waals surface area (Å²) >= 11 is 0. The van der Waals surface area contributed by atoms with Crippen LogP contribution in [0.5, 0.6) is 17.2 Å². The van der Waals surface area contributed by atoms with Crippen LogP contribution < -0.4 is 14.2 Å². The summed E-state index contributed by atoms with van der Waals surface area (Å²) < 4.78 is 74.0. The highest BCUT2D eigenvalue weighted by molar-refractivity contribution is 7.89. The quantitative estimate of drug-likeness (QED) is 0.394. The number of aliphatic hydroxyl groups is 1. The van der Waals surface area contributed by atoms with Crippen molar-refractivity contribution >= 4 is 20.0 Å². The smallest absolute Gasteiger partial charge is 0.247 e. The number of likely N-dealkylation sites (N-methyl/N-ethyl adjacent to an activating group) is 1. The van der Waals surface area contributed by atoms with Gasteiger partial charge in [0.25, 0.3) is 0 Å². The predicted molar refractivity (Wildman–Crippen MR) is 155 cm³/mol. The third-order valence-corrected chi connectivity index (χ3v) is 11.1. The third kappa shape index (κ3) is 6.21. The van der Waals surface area contributed by atoms with Crippen molar-refractivity contribution in [2.45, 2.75) is 35.8 Å². The van der Waals surface area contributed by atoms with E-state index in [0.717, 1.165) is 5.56 Å². The molecule has 0 amide bonds. The molecule has 12 heteroatoms. The van der Waals surface area contributed by atoms with Crippen LogP contribution in [0.1, 0.15) is 13.8 Å². The molecule has 41 heavy (non-hydrogen) atoms. The van der Waals surface area contributed by atoms with Gasteiger partial charge in [-0.3, -0.25) is 0 Å². The minimum atomic E-state index is -4.06. The van der Waals surface area contributed by atoms with Crippen molar-refractivity contribution in [2.75, 3.05) is 41.0 Å². The number of hydrogen-bond acceptors (Lipinski definition) is 8. The molecule has 0 unspecified atom stereocenters. The molecule has 1 aliphatic heterocycles. The fourth-order valence-electron chi connectivity index (χ4n) is 4.77. The van der Waals surface area contributed by atoms with Gasteiger partial charge in [0.2, 0.25) is 20.0 Å². The highest BCUT2D eigenvalue weighted by atomic mass is 32.2. The largest absolute Gasteiger partial charge is 0.497 e. The van der Waals surface area contributed by atoms with E-state index in [1.54, 1.807) is 51.3 Å². The van der Waals surface area contributed by atoms with Gasteiger partial charge in [-0.1, -0.05) is 31.2 Å². The zero-order valence-electron chi connectivity index (χ0n) is 23.7. The summed E-state index contributed by atoms with van der Waals surface area (Å²) in [6.45, 7) is 3.04. The Balaban J connectivity index is 1.77. The van der Waals surface area contributed by atoms with Crippen molar-refractivity contribution in [3.63, 3.8) is 0 Å². The van der Waals surface area contributed by atoms with Crippen molar-refractivity contribution in [3.05, 3.63) is 66.7 Å². The first-order chi connectivity index (χ1) is 19.4. The third-order valence-electron chi connectivity index (χ3n) is 7.29. The van der Waals surface area contributed by atoms with Gasteiger partial charge in [0, 0.05) is 31.1 Å². The van der Waals surface area contributed by atoms with Crippen LogP contribution in [0.2, 0.25) is 0 Å². The Morgan fingerprint density at radius 1 is 1.07 bits per heavy atom. The lowest BCUT2D eigenvalue weighted by Crippen LogP contribution is -2.50. The molecule has 0 radical (unpaired) electrons. The van der Waals surface area contributed by atoms with Crippen LogP contribution in [0.25, 0.3) is 11.1 Å². The number of nitrogens with zero attached hydrogens (tertiary/aromatic N) is 2. The van der Waals surface area contributed by atoms with Gasteiger partial charge in [-0.2, -0.15) is 8.61 Å². The van der Waals surface area contributed by atoms with E-state index >= 15 is 0 Å². The molecule has 0 aromatic heterocycles. The van der Waals surface area contributed by atoms with Crippen molar-refractivity contribution in [1.82, 2.24) is 8.61 Å². The molecule has 222 valence electrons. The van der Waals surface area contributed by atoms with E-state index in [9.17, 15) is 21.9 Å². The molecule has 1 aliphatic rings. The van der Waals surface area contributed by atoms with Gasteiger partial charge in [-0.25, -0.2) is 16.8 Å².